The predicted molar refractivity (Wildman–Crippen MR) is 88.8 cm³/mol. The van der Waals surface area contributed by atoms with Gasteiger partial charge in [-0.3, -0.25) is 9.59 Å². The molecule has 2 aromatic rings. The molecular weight excluding hydrogens is 310 g/mol. The Kier molecular flexibility index (Phi) is 4.20. The lowest BCUT2D eigenvalue weighted by molar-refractivity contribution is -0.146. The molecular formula is C18H17NO5. The van der Waals surface area contributed by atoms with Crippen molar-refractivity contribution in [2.24, 2.45) is 11.8 Å². The van der Waals surface area contributed by atoms with Crippen LogP contribution >= 0.6 is 0 Å². The van der Waals surface area contributed by atoms with Crippen LogP contribution in [0.3, 0.4) is 0 Å². The minimum atomic E-state index is -0.973. The molecule has 2 N–H and O–H groups in total. The van der Waals surface area contributed by atoms with Crippen molar-refractivity contribution in [3.05, 3.63) is 52.4 Å². The lowest BCUT2D eigenvalue weighted by Gasteiger charge is -2.24. The summed E-state index contributed by atoms with van der Waals surface area (Å²) in [4.78, 5) is 35.2. The summed E-state index contributed by atoms with van der Waals surface area (Å²) in [7, 11) is 0. The molecule has 0 aliphatic heterocycles. The second kappa shape index (κ2) is 6.31. The van der Waals surface area contributed by atoms with Gasteiger partial charge in [-0.2, -0.15) is 0 Å². The van der Waals surface area contributed by atoms with Crippen molar-refractivity contribution < 1.29 is 19.1 Å². The second-order valence-electron chi connectivity index (χ2n) is 5.94. The van der Waals surface area contributed by atoms with Gasteiger partial charge < -0.3 is 14.8 Å². The minimum absolute atomic E-state index is 0.346. The number of rotatable bonds is 3. The zero-order valence-corrected chi connectivity index (χ0v) is 13.1. The number of aryl methyl sites for hydroxylation is 1. The van der Waals surface area contributed by atoms with Crippen LogP contribution in [0.2, 0.25) is 0 Å². The lowest BCUT2D eigenvalue weighted by Crippen LogP contribution is -2.34. The van der Waals surface area contributed by atoms with E-state index in [4.69, 9.17) is 4.42 Å². The van der Waals surface area contributed by atoms with E-state index in [1.165, 1.54) is 6.07 Å². The van der Waals surface area contributed by atoms with Crippen molar-refractivity contribution in [1.29, 1.82) is 0 Å². The highest BCUT2D eigenvalue weighted by Gasteiger charge is 2.33. The molecule has 3 rings (SSSR count). The van der Waals surface area contributed by atoms with Crippen molar-refractivity contribution >= 4 is 28.5 Å². The Bertz CT molecular complexity index is 896. The molecule has 0 bridgehead atoms. The fourth-order valence-corrected chi connectivity index (χ4v) is 3.01. The molecule has 1 aromatic heterocycles. The van der Waals surface area contributed by atoms with Gasteiger partial charge in [0.15, 0.2) is 0 Å². The Morgan fingerprint density at radius 3 is 2.58 bits per heavy atom. The van der Waals surface area contributed by atoms with Crippen LogP contribution in [-0.2, 0) is 9.59 Å². The average Bonchev–Trinajstić information content (AvgIpc) is 2.54. The van der Waals surface area contributed by atoms with Gasteiger partial charge >= 0.3 is 11.6 Å². The first kappa shape index (κ1) is 16.0. The summed E-state index contributed by atoms with van der Waals surface area (Å²) in [5.41, 5.74) is 1.20. The number of carbonyl (C=O) groups is 2. The molecule has 2 atom stereocenters. The van der Waals surface area contributed by atoms with Crippen molar-refractivity contribution in [1.82, 2.24) is 0 Å². The number of amides is 1. The maximum Gasteiger partial charge on any atom is 0.336 e. The number of allylic oxidation sites excluding steroid dienone is 2. The summed E-state index contributed by atoms with van der Waals surface area (Å²) in [6.45, 7) is 1.81. The molecule has 0 saturated carbocycles. The first-order valence-electron chi connectivity index (χ1n) is 7.69. The lowest BCUT2D eigenvalue weighted by atomic mass is 9.82. The molecule has 0 fully saturated rings. The molecule has 0 spiro atoms. The first-order valence-corrected chi connectivity index (χ1v) is 7.69. The Morgan fingerprint density at radius 1 is 1.17 bits per heavy atom. The third-order valence-corrected chi connectivity index (χ3v) is 4.31. The number of fused-ring (bicyclic) bond motifs is 1. The standard InChI is InChI=1S/C18H17NO5/c1-10-8-16(20)24-15-9-11(6-7-12(10)15)19-17(21)13-4-2-3-5-14(13)18(22)23/h2-3,6-9,13-14H,4-5H2,1H3,(H,19,21)(H,22,23)/t13-,14-/m1/s1. The largest absolute Gasteiger partial charge is 0.481 e. The normalized spacial score (nSPS) is 20.0. The number of nitrogens with one attached hydrogen (secondary N) is 1. The van der Waals surface area contributed by atoms with E-state index in [-0.39, 0.29) is 5.91 Å². The minimum Gasteiger partial charge on any atom is -0.481 e. The quantitative estimate of drug-likeness (QED) is 0.667. The molecule has 1 amide bonds. The zero-order valence-electron chi connectivity index (χ0n) is 13.1. The van der Waals surface area contributed by atoms with Gasteiger partial charge in [0.2, 0.25) is 5.91 Å². The van der Waals surface area contributed by atoms with Crippen LogP contribution < -0.4 is 10.9 Å². The van der Waals surface area contributed by atoms with Crippen LogP contribution in [-0.4, -0.2) is 17.0 Å². The van der Waals surface area contributed by atoms with E-state index in [9.17, 15) is 19.5 Å². The smallest absolute Gasteiger partial charge is 0.336 e. The summed E-state index contributed by atoms with van der Waals surface area (Å²) in [6.07, 6.45) is 4.35. The molecule has 24 heavy (non-hydrogen) atoms. The van der Waals surface area contributed by atoms with Gasteiger partial charge in [-0.05, 0) is 37.5 Å². The van der Waals surface area contributed by atoms with E-state index in [1.807, 2.05) is 13.0 Å². The van der Waals surface area contributed by atoms with Crippen molar-refractivity contribution in [2.45, 2.75) is 19.8 Å². The molecule has 6 heteroatoms. The van der Waals surface area contributed by atoms with Crippen molar-refractivity contribution in [2.75, 3.05) is 5.32 Å². The molecule has 0 unspecified atom stereocenters. The van der Waals surface area contributed by atoms with E-state index in [0.717, 1.165) is 10.9 Å². The van der Waals surface area contributed by atoms with E-state index in [0.29, 0.717) is 24.1 Å². The third-order valence-electron chi connectivity index (χ3n) is 4.31. The summed E-state index contributed by atoms with van der Waals surface area (Å²) < 4.78 is 5.16. The maximum atomic E-state index is 12.5. The highest BCUT2D eigenvalue weighted by Crippen LogP contribution is 2.28. The second-order valence-corrected chi connectivity index (χ2v) is 5.94. The van der Waals surface area contributed by atoms with Crippen LogP contribution in [0.5, 0.6) is 0 Å². The number of carboxylic acid groups (broad SMARTS) is 1. The Morgan fingerprint density at radius 2 is 1.88 bits per heavy atom. The number of hydrogen-bond acceptors (Lipinski definition) is 4. The maximum absolute atomic E-state index is 12.5. The van der Waals surface area contributed by atoms with E-state index in [2.05, 4.69) is 5.32 Å². The molecule has 1 aromatic carbocycles. The summed E-state index contributed by atoms with van der Waals surface area (Å²) in [5.74, 6) is -2.66. The van der Waals surface area contributed by atoms with Gasteiger partial charge in [0.1, 0.15) is 5.58 Å². The van der Waals surface area contributed by atoms with Crippen LogP contribution in [0.1, 0.15) is 18.4 Å². The highest BCUT2D eigenvalue weighted by molar-refractivity contribution is 5.97. The number of hydrogen-bond donors (Lipinski definition) is 2. The van der Waals surface area contributed by atoms with Crippen LogP contribution in [0.15, 0.2) is 45.6 Å². The van der Waals surface area contributed by atoms with Crippen LogP contribution in [0, 0.1) is 18.8 Å². The van der Waals surface area contributed by atoms with E-state index < -0.39 is 23.4 Å². The Hall–Kier alpha value is -2.89. The van der Waals surface area contributed by atoms with Gasteiger partial charge in [0.25, 0.3) is 0 Å². The third kappa shape index (κ3) is 3.08. The SMILES string of the molecule is Cc1cc(=O)oc2cc(NC(=O)[C@@H]3CC=CC[C@H]3C(=O)O)ccc12. The Balaban J connectivity index is 1.86. The average molecular weight is 327 g/mol. The first-order chi connectivity index (χ1) is 11.5. The van der Waals surface area contributed by atoms with Crippen LogP contribution in [0.4, 0.5) is 5.69 Å². The Labute approximate surface area is 137 Å². The number of aliphatic carboxylic acids is 1. The number of benzene rings is 1. The summed E-state index contributed by atoms with van der Waals surface area (Å²) in [5, 5.41) is 12.8. The summed E-state index contributed by atoms with van der Waals surface area (Å²) in [6, 6.07) is 6.46. The van der Waals surface area contributed by atoms with Gasteiger partial charge in [-0.15, -0.1) is 0 Å². The molecule has 6 nitrogen and oxygen atoms in total. The molecule has 0 saturated heterocycles. The molecule has 1 aliphatic carbocycles. The van der Waals surface area contributed by atoms with Gasteiger partial charge in [0.05, 0.1) is 11.8 Å². The fraction of sp³-hybridized carbons (Fsp3) is 0.278. The van der Waals surface area contributed by atoms with Gasteiger partial charge in [-0.25, -0.2) is 4.79 Å². The van der Waals surface area contributed by atoms with Gasteiger partial charge in [0, 0.05) is 23.2 Å². The van der Waals surface area contributed by atoms with Crippen LogP contribution in [0.25, 0.3) is 11.0 Å². The molecule has 1 heterocycles. The number of anilines is 1. The summed E-state index contributed by atoms with van der Waals surface area (Å²) >= 11 is 0. The highest BCUT2D eigenvalue weighted by atomic mass is 16.4. The fourth-order valence-electron chi connectivity index (χ4n) is 3.01. The molecule has 124 valence electrons. The van der Waals surface area contributed by atoms with Crippen molar-refractivity contribution in [3.8, 4) is 0 Å². The predicted octanol–water partition coefficient (Wildman–Crippen LogP) is 2.71. The monoisotopic (exact) mass is 327 g/mol. The number of carbonyl (C=O) groups excluding carboxylic acids is 1. The van der Waals surface area contributed by atoms with Gasteiger partial charge in [-0.1, -0.05) is 12.2 Å². The van der Waals surface area contributed by atoms with Crippen molar-refractivity contribution in [3.63, 3.8) is 0 Å². The number of carboxylic acids is 1. The molecule has 0 radical (unpaired) electrons. The molecule has 1 aliphatic rings. The van der Waals surface area contributed by atoms with E-state index in [1.54, 1.807) is 24.3 Å². The topological polar surface area (TPSA) is 96.6 Å². The zero-order chi connectivity index (χ0) is 17.3. The van der Waals surface area contributed by atoms with E-state index >= 15 is 0 Å².